The summed E-state index contributed by atoms with van der Waals surface area (Å²) in [4.78, 5) is 0. The molecule has 0 heterocycles. The number of ether oxygens (including phenoxy) is 3. The molecule has 0 atom stereocenters. The van der Waals surface area contributed by atoms with E-state index in [9.17, 15) is 0 Å². The highest BCUT2D eigenvalue weighted by molar-refractivity contribution is 9.14. The third-order valence-corrected chi connectivity index (χ3v) is 5.18. The molecule has 0 aliphatic rings. The summed E-state index contributed by atoms with van der Waals surface area (Å²) >= 11 is 10.2. The van der Waals surface area contributed by atoms with E-state index in [1.165, 1.54) is 0 Å². The maximum atomic E-state index is 5.24. The van der Waals surface area contributed by atoms with Gasteiger partial charge in [-0.3, -0.25) is 0 Å². The zero-order valence-corrected chi connectivity index (χ0v) is 13.1. The molecule has 1 rings (SSSR count). The Kier molecular flexibility index (Phi) is 4.73. The van der Waals surface area contributed by atoms with Crippen LogP contribution in [0.1, 0.15) is 0 Å². The minimum atomic E-state index is 0.543. The molecule has 0 spiro atoms. The van der Waals surface area contributed by atoms with Gasteiger partial charge in [0.05, 0.1) is 34.7 Å². The van der Waals surface area contributed by atoms with Crippen LogP contribution in [0.4, 0.5) is 0 Å². The lowest BCUT2D eigenvalue weighted by Gasteiger charge is -2.16. The van der Waals surface area contributed by atoms with Crippen LogP contribution in [-0.2, 0) is 0 Å². The summed E-state index contributed by atoms with van der Waals surface area (Å²) in [5, 5.41) is 0. The molecule has 0 bridgehead atoms. The lowest BCUT2D eigenvalue weighted by Crippen LogP contribution is -1.97. The molecule has 84 valence electrons. The molecule has 0 unspecified atom stereocenters. The summed E-state index contributed by atoms with van der Waals surface area (Å²) in [6.07, 6.45) is 0. The fraction of sp³-hybridized carbons (Fsp3) is 0.333. The van der Waals surface area contributed by atoms with Crippen LogP contribution in [0.25, 0.3) is 0 Å². The predicted molar refractivity (Wildman–Crippen MR) is 69.2 cm³/mol. The van der Waals surface area contributed by atoms with Gasteiger partial charge in [0, 0.05) is 0 Å². The van der Waals surface area contributed by atoms with Crippen LogP contribution in [-0.4, -0.2) is 21.3 Å². The van der Waals surface area contributed by atoms with Crippen LogP contribution in [0.15, 0.2) is 13.4 Å². The van der Waals surface area contributed by atoms with E-state index in [0.717, 1.165) is 13.4 Å². The van der Waals surface area contributed by atoms with Gasteiger partial charge in [-0.1, -0.05) is 0 Å². The first-order valence-electron chi connectivity index (χ1n) is 3.90. The van der Waals surface area contributed by atoms with E-state index in [0.29, 0.717) is 17.2 Å². The van der Waals surface area contributed by atoms with Crippen molar-refractivity contribution in [3.63, 3.8) is 0 Å². The summed E-state index contributed by atoms with van der Waals surface area (Å²) in [5.74, 6) is 1.72. The van der Waals surface area contributed by atoms with E-state index in [-0.39, 0.29) is 0 Å². The van der Waals surface area contributed by atoms with Crippen LogP contribution >= 0.6 is 47.8 Å². The fourth-order valence-electron chi connectivity index (χ4n) is 1.15. The number of halogens is 3. The molecular weight excluding hydrogens is 396 g/mol. The van der Waals surface area contributed by atoms with Crippen LogP contribution < -0.4 is 14.2 Å². The molecule has 0 radical (unpaired) electrons. The van der Waals surface area contributed by atoms with Gasteiger partial charge in [-0.15, -0.1) is 0 Å². The van der Waals surface area contributed by atoms with Crippen molar-refractivity contribution in [1.82, 2.24) is 0 Å². The van der Waals surface area contributed by atoms with Crippen molar-refractivity contribution in [3.8, 4) is 17.2 Å². The zero-order chi connectivity index (χ0) is 11.6. The highest BCUT2D eigenvalue weighted by atomic mass is 79.9. The SMILES string of the molecule is COc1c(Br)c(Br)c(Br)c(OC)c1OC. The highest BCUT2D eigenvalue weighted by Gasteiger charge is 2.22. The second kappa shape index (κ2) is 5.41. The lowest BCUT2D eigenvalue weighted by atomic mass is 10.3. The Hall–Kier alpha value is 0.0600. The summed E-state index contributed by atoms with van der Waals surface area (Å²) < 4.78 is 18.1. The second-order valence-corrected chi connectivity index (χ2v) is 4.92. The molecular formula is C9H9Br3O3. The van der Waals surface area contributed by atoms with E-state index in [4.69, 9.17) is 14.2 Å². The Morgan fingerprint density at radius 2 is 0.933 bits per heavy atom. The quantitative estimate of drug-likeness (QED) is 0.713. The Balaban J connectivity index is 3.59. The molecule has 0 saturated carbocycles. The van der Waals surface area contributed by atoms with Gasteiger partial charge in [-0.2, -0.15) is 0 Å². The molecule has 6 heteroatoms. The van der Waals surface area contributed by atoms with E-state index in [2.05, 4.69) is 47.8 Å². The molecule has 0 saturated heterocycles. The first-order valence-corrected chi connectivity index (χ1v) is 6.28. The molecule has 0 aliphatic carbocycles. The maximum absolute atomic E-state index is 5.24. The van der Waals surface area contributed by atoms with Gasteiger partial charge in [0.1, 0.15) is 0 Å². The number of benzene rings is 1. The highest BCUT2D eigenvalue weighted by Crippen LogP contribution is 2.51. The smallest absolute Gasteiger partial charge is 0.205 e. The summed E-state index contributed by atoms with van der Waals surface area (Å²) in [6.45, 7) is 0. The van der Waals surface area contributed by atoms with Gasteiger partial charge in [0.2, 0.25) is 5.75 Å². The van der Waals surface area contributed by atoms with E-state index >= 15 is 0 Å². The minimum absolute atomic E-state index is 0.543. The van der Waals surface area contributed by atoms with Crippen LogP contribution in [0.2, 0.25) is 0 Å². The van der Waals surface area contributed by atoms with E-state index < -0.39 is 0 Å². The molecule has 0 fully saturated rings. The molecule has 0 amide bonds. The number of hydrogen-bond acceptors (Lipinski definition) is 3. The van der Waals surface area contributed by atoms with Gasteiger partial charge >= 0.3 is 0 Å². The average molecular weight is 405 g/mol. The Bertz CT molecular complexity index is 348. The second-order valence-electron chi connectivity index (χ2n) is 2.54. The van der Waals surface area contributed by atoms with Gasteiger partial charge < -0.3 is 14.2 Å². The lowest BCUT2D eigenvalue weighted by molar-refractivity contribution is 0.321. The normalized spacial score (nSPS) is 10.0. The van der Waals surface area contributed by atoms with E-state index in [1.54, 1.807) is 21.3 Å². The molecule has 1 aromatic carbocycles. The van der Waals surface area contributed by atoms with Crippen molar-refractivity contribution in [2.45, 2.75) is 0 Å². The largest absolute Gasteiger partial charge is 0.492 e. The first-order chi connectivity index (χ1) is 7.08. The van der Waals surface area contributed by atoms with Gasteiger partial charge in [-0.05, 0) is 47.8 Å². The predicted octanol–water partition coefficient (Wildman–Crippen LogP) is 4.00. The first kappa shape index (κ1) is 13.1. The van der Waals surface area contributed by atoms with Gasteiger partial charge in [0.15, 0.2) is 11.5 Å². The molecule has 3 nitrogen and oxygen atoms in total. The van der Waals surface area contributed by atoms with Crippen LogP contribution in [0, 0.1) is 0 Å². The minimum Gasteiger partial charge on any atom is -0.492 e. The number of hydrogen-bond donors (Lipinski definition) is 0. The van der Waals surface area contributed by atoms with Gasteiger partial charge in [-0.25, -0.2) is 0 Å². The molecule has 15 heavy (non-hydrogen) atoms. The Labute approximate surface area is 113 Å². The van der Waals surface area contributed by atoms with Crippen molar-refractivity contribution in [3.05, 3.63) is 13.4 Å². The molecule has 1 aromatic rings. The fourth-order valence-corrected chi connectivity index (χ4v) is 2.85. The maximum Gasteiger partial charge on any atom is 0.205 e. The van der Waals surface area contributed by atoms with Crippen molar-refractivity contribution in [2.75, 3.05) is 21.3 Å². The average Bonchev–Trinajstić information content (AvgIpc) is 2.25. The van der Waals surface area contributed by atoms with Crippen molar-refractivity contribution in [1.29, 1.82) is 0 Å². The standard InChI is InChI=1S/C9H9Br3O3/c1-13-7-5(11)4(10)6(12)8(14-2)9(7)15-3/h1-3H3. The molecule has 0 N–H and O–H groups in total. The Morgan fingerprint density at radius 1 is 0.600 bits per heavy atom. The zero-order valence-electron chi connectivity index (χ0n) is 8.36. The molecule has 0 aliphatic heterocycles. The summed E-state index contributed by atoms with van der Waals surface area (Å²) in [6, 6.07) is 0. The number of methoxy groups -OCH3 is 3. The van der Waals surface area contributed by atoms with E-state index in [1.807, 2.05) is 0 Å². The van der Waals surface area contributed by atoms with Gasteiger partial charge in [0.25, 0.3) is 0 Å². The summed E-state index contributed by atoms with van der Waals surface area (Å²) in [7, 11) is 4.71. The van der Waals surface area contributed by atoms with Crippen molar-refractivity contribution >= 4 is 47.8 Å². The third-order valence-electron chi connectivity index (χ3n) is 1.81. The van der Waals surface area contributed by atoms with Crippen LogP contribution in [0.5, 0.6) is 17.2 Å². The van der Waals surface area contributed by atoms with Crippen molar-refractivity contribution in [2.24, 2.45) is 0 Å². The summed E-state index contributed by atoms with van der Waals surface area (Å²) in [5.41, 5.74) is 0. The number of rotatable bonds is 3. The third kappa shape index (κ3) is 2.26. The topological polar surface area (TPSA) is 27.7 Å². The molecule has 0 aromatic heterocycles. The van der Waals surface area contributed by atoms with Crippen molar-refractivity contribution < 1.29 is 14.2 Å². The monoisotopic (exact) mass is 402 g/mol. The Morgan fingerprint density at radius 3 is 1.20 bits per heavy atom. The van der Waals surface area contributed by atoms with Crippen LogP contribution in [0.3, 0.4) is 0 Å².